The molecular weight excluding hydrogens is 172 g/mol. The van der Waals surface area contributed by atoms with E-state index in [1.54, 1.807) is 6.08 Å². The van der Waals surface area contributed by atoms with Gasteiger partial charge in [-0.05, 0) is 19.4 Å². The van der Waals surface area contributed by atoms with Crippen molar-refractivity contribution < 1.29 is 4.79 Å². The number of carbonyl (C=O) groups is 1. The molecule has 0 spiro atoms. The van der Waals surface area contributed by atoms with Crippen LogP contribution in [-0.4, -0.2) is 5.78 Å². The van der Waals surface area contributed by atoms with E-state index in [9.17, 15) is 4.79 Å². The first-order chi connectivity index (χ1) is 6.74. The molecule has 1 heteroatoms. The van der Waals surface area contributed by atoms with Crippen molar-refractivity contribution in [2.75, 3.05) is 0 Å². The van der Waals surface area contributed by atoms with E-state index in [1.807, 2.05) is 37.3 Å². The zero-order valence-electron chi connectivity index (χ0n) is 8.79. The molecule has 0 fully saturated rings. The normalized spacial score (nSPS) is 10.7. The highest BCUT2D eigenvalue weighted by Gasteiger charge is 1.99. The minimum atomic E-state index is 0.0958. The van der Waals surface area contributed by atoms with Crippen molar-refractivity contribution in [3.05, 3.63) is 47.5 Å². The zero-order valence-corrected chi connectivity index (χ0v) is 8.79. The van der Waals surface area contributed by atoms with E-state index in [4.69, 9.17) is 0 Å². The first-order valence-corrected chi connectivity index (χ1v) is 5.01. The van der Waals surface area contributed by atoms with Crippen LogP contribution in [0.15, 0.2) is 36.4 Å². The van der Waals surface area contributed by atoms with Crippen LogP contribution < -0.4 is 0 Å². The Bertz CT molecular complexity index is 320. The SMILES string of the molecule is CCC/C=C/C(=O)c1ccc(C)cc1. The van der Waals surface area contributed by atoms with Crippen molar-refractivity contribution in [1.82, 2.24) is 0 Å². The van der Waals surface area contributed by atoms with Gasteiger partial charge in [0.2, 0.25) is 0 Å². The van der Waals surface area contributed by atoms with Gasteiger partial charge in [0.1, 0.15) is 0 Å². The smallest absolute Gasteiger partial charge is 0.185 e. The molecule has 1 aromatic rings. The number of rotatable bonds is 4. The highest BCUT2D eigenvalue weighted by Crippen LogP contribution is 2.05. The molecule has 1 aromatic carbocycles. The molecule has 0 aromatic heterocycles. The van der Waals surface area contributed by atoms with E-state index in [2.05, 4.69) is 6.92 Å². The van der Waals surface area contributed by atoms with Crippen molar-refractivity contribution in [3.8, 4) is 0 Å². The predicted molar refractivity (Wildman–Crippen MR) is 59.6 cm³/mol. The summed E-state index contributed by atoms with van der Waals surface area (Å²) >= 11 is 0. The van der Waals surface area contributed by atoms with Gasteiger partial charge in [0.15, 0.2) is 5.78 Å². The Hall–Kier alpha value is -1.37. The van der Waals surface area contributed by atoms with Crippen LogP contribution in [-0.2, 0) is 0 Å². The second kappa shape index (κ2) is 5.38. The number of allylic oxidation sites excluding steroid dienone is 2. The number of carbonyl (C=O) groups excluding carboxylic acids is 1. The van der Waals surface area contributed by atoms with Gasteiger partial charge in [-0.3, -0.25) is 4.79 Å². The lowest BCUT2D eigenvalue weighted by atomic mass is 10.1. The summed E-state index contributed by atoms with van der Waals surface area (Å²) in [5.41, 5.74) is 1.95. The molecule has 0 atom stereocenters. The van der Waals surface area contributed by atoms with Crippen molar-refractivity contribution in [2.45, 2.75) is 26.7 Å². The zero-order chi connectivity index (χ0) is 10.4. The largest absolute Gasteiger partial charge is 0.289 e. The molecular formula is C13H16O. The number of ketones is 1. The minimum Gasteiger partial charge on any atom is -0.289 e. The van der Waals surface area contributed by atoms with Gasteiger partial charge in [0, 0.05) is 5.56 Å². The molecule has 0 saturated heterocycles. The monoisotopic (exact) mass is 188 g/mol. The van der Waals surface area contributed by atoms with E-state index in [1.165, 1.54) is 5.56 Å². The summed E-state index contributed by atoms with van der Waals surface area (Å²) in [5, 5.41) is 0. The quantitative estimate of drug-likeness (QED) is 0.521. The van der Waals surface area contributed by atoms with Crippen LogP contribution in [0.4, 0.5) is 0 Å². The van der Waals surface area contributed by atoms with Gasteiger partial charge in [-0.15, -0.1) is 0 Å². The van der Waals surface area contributed by atoms with Crippen molar-refractivity contribution in [1.29, 1.82) is 0 Å². The summed E-state index contributed by atoms with van der Waals surface area (Å²) in [4.78, 5) is 11.5. The van der Waals surface area contributed by atoms with E-state index in [0.29, 0.717) is 0 Å². The third-order valence-corrected chi connectivity index (χ3v) is 2.06. The van der Waals surface area contributed by atoms with Crippen molar-refractivity contribution in [2.24, 2.45) is 0 Å². The van der Waals surface area contributed by atoms with Crippen LogP contribution in [0.2, 0.25) is 0 Å². The Kier molecular flexibility index (Phi) is 4.11. The molecule has 0 aliphatic rings. The van der Waals surface area contributed by atoms with Gasteiger partial charge in [-0.2, -0.15) is 0 Å². The van der Waals surface area contributed by atoms with Crippen LogP contribution in [0, 0.1) is 6.92 Å². The molecule has 0 bridgehead atoms. The van der Waals surface area contributed by atoms with E-state index in [0.717, 1.165) is 18.4 Å². The Morgan fingerprint density at radius 2 is 1.93 bits per heavy atom. The third kappa shape index (κ3) is 3.17. The first-order valence-electron chi connectivity index (χ1n) is 5.01. The topological polar surface area (TPSA) is 17.1 Å². The second-order valence-electron chi connectivity index (χ2n) is 3.42. The molecule has 0 heterocycles. The molecule has 0 N–H and O–H groups in total. The van der Waals surface area contributed by atoms with Crippen LogP contribution in [0.3, 0.4) is 0 Å². The predicted octanol–water partition coefficient (Wildman–Crippen LogP) is 3.53. The molecule has 1 nitrogen and oxygen atoms in total. The summed E-state index contributed by atoms with van der Waals surface area (Å²) in [5.74, 6) is 0.0958. The molecule has 0 aliphatic heterocycles. The maximum absolute atomic E-state index is 11.5. The fourth-order valence-electron chi connectivity index (χ4n) is 1.17. The van der Waals surface area contributed by atoms with Crippen LogP contribution in [0.25, 0.3) is 0 Å². The Balaban J connectivity index is 2.65. The second-order valence-corrected chi connectivity index (χ2v) is 3.42. The summed E-state index contributed by atoms with van der Waals surface area (Å²) < 4.78 is 0. The van der Waals surface area contributed by atoms with Crippen LogP contribution in [0.1, 0.15) is 35.7 Å². The van der Waals surface area contributed by atoms with Gasteiger partial charge < -0.3 is 0 Å². The van der Waals surface area contributed by atoms with E-state index >= 15 is 0 Å². The number of unbranched alkanes of at least 4 members (excludes halogenated alkanes) is 1. The van der Waals surface area contributed by atoms with E-state index < -0.39 is 0 Å². The third-order valence-electron chi connectivity index (χ3n) is 2.06. The standard InChI is InChI=1S/C13H16O/c1-3-4-5-6-13(14)12-9-7-11(2)8-10-12/h5-10H,3-4H2,1-2H3/b6-5+. The average molecular weight is 188 g/mol. The molecule has 14 heavy (non-hydrogen) atoms. The number of aryl methyl sites for hydroxylation is 1. The lowest BCUT2D eigenvalue weighted by molar-refractivity contribution is 0.104. The van der Waals surface area contributed by atoms with Gasteiger partial charge in [0.25, 0.3) is 0 Å². The Morgan fingerprint density at radius 3 is 2.50 bits per heavy atom. The van der Waals surface area contributed by atoms with Crippen LogP contribution in [0.5, 0.6) is 0 Å². The molecule has 1 rings (SSSR count). The number of benzene rings is 1. The first kappa shape index (κ1) is 10.7. The maximum atomic E-state index is 11.5. The molecule has 0 aliphatic carbocycles. The highest BCUT2D eigenvalue weighted by atomic mass is 16.1. The Labute approximate surface area is 85.5 Å². The highest BCUT2D eigenvalue weighted by molar-refractivity contribution is 6.04. The molecule has 74 valence electrons. The summed E-state index contributed by atoms with van der Waals surface area (Å²) in [6.45, 7) is 4.11. The van der Waals surface area contributed by atoms with Gasteiger partial charge in [0.05, 0.1) is 0 Å². The fourth-order valence-corrected chi connectivity index (χ4v) is 1.17. The van der Waals surface area contributed by atoms with Gasteiger partial charge >= 0.3 is 0 Å². The van der Waals surface area contributed by atoms with Gasteiger partial charge in [-0.1, -0.05) is 49.2 Å². The molecule has 0 saturated carbocycles. The number of hydrogen-bond acceptors (Lipinski definition) is 1. The molecule has 0 unspecified atom stereocenters. The average Bonchev–Trinajstić information content (AvgIpc) is 2.19. The summed E-state index contributed by atoms with van der Waals surface area (Å²) in [6, 6.07) is 7.66. The lowest BCUT2D eigenvalue weighted by Gasteiger charge is -1.96. The van der Waals surface area contributed by atoms with Crippen LogP contribution >= 0.6 is 0 Å². The van der Waals surface area contributed by atoms with E-state index in [-0.39, 0.29) is 5.78 Å². The maximum Gasteiger partial charge on any atom is 0.185 e. The van der Waals surface area contributed by atoms with Gasteiger partial charge in [-0.25, -0.2) is 0 Å². The fraction of sp³-hybridized carbons (Fsp3) is 0.308. The minimum absolute atomic E-state index is 0.0958. The molecule has 0 radical (unpaired) electrons. The lowest BCUT2D eigenvalue weighted by Crippen LogP contribution is -1.93. The Morgan fingerprint density at radius 1 is 1.29 bits per heavy atom. The molecule has 0 amide bonds. The summed E-state index contributed by atoms with van der Waals surface area (Å²) in [6.07, 6.45) is 5.64. The van der Waals surface area contributed by atoms with Crippen molar-refractivity contribution >= 4 is 5.78 Å². The number of hydrogen-bond donors (Lipinski definition) is 0. The summed E-state index contributed by atoms with van der Waals surface area (Å²) in [7, 11) is 0. The van der Waals surface area contributed by atoms with Crippen molar-refractivity contribution in [3.63, 3.8) is 0 Å².